The topological polar surface area (TPSA) is 91.1 Å². The van der Waals surface area contributed by atoms with Crippen LogP contribution >= 0.6 is 0 Å². The Hall–Kier alpha value is -3.00. The average Bonchev–Trinajstić information content (AvgIpc) is 3.35. The Morgan fingerprint density at radius 3 is 2.48 bits per heavy atom. The first-order valence-corrected chi connectivity index (χ1v) is 10.9. The minimum Gasteiger partial charge on any atom is -0.497 e. The van der Waals surface area contributed by atoms with Crippen LogP contribution in [0.15, 0.2) is 52.1 Å². The molecule has 31 heavy (non-hydrogen) atoms. The number of likely N-dealkylation sites (tertiary alicyclic amines) is 1. The third kappa shape index (κ3) is 6.75. The number of guanidine groups is 1. The molecule has 1 unspecified atom stereocenters. The third-order valence-electron chi connectivity index (χ3n) is 5.44. The maximum atomic E-state index is 12.2. The van der Waals surface area contributed by atoms with Crippen molar-refractivity contribution < 1.29 is 13.9 Å². The van der Waals surface area contributed by atoms with E-state index in [4.69, 9.17) is 9.15 Å². The number of methoxy groups -OCH3 is 1. The molecular formula is C23H33N5O3. The molecule has 1 aliphatic rings. The molecule has 1 atom stereocenters. The second kappa shape index (κ2) is 12.0. The molecule has 1 aliphatic heterocycles. The van der Waals surface area contributed by atoms with Crippen LogP contribution in [0.5, 0.6) is 5.75 Å². The van der Waals surface area contributed by atoms with E-state index in [9.17, 15) is 4.79 Å². The molecule has 1 fully saturated rings. The van der Waals surface area contributed by atoms with Crippen LogP contribution in [0.2, 0.25) is 0 Å². The molecular weight excluding hydrogens is 394 g/mol. The maximum absolute atomic E-state index is 12.2. The highest BCUT2D eigenvalue weighted by molar-refractivity contribution is 5.94. The van der Waals surface area contributed by atoms with Gasteiger partial charge in [0, 0.05) is 32.2 Å². The van der Waals surface area contributed by atoms with E-state index in [0.717, 1.165) is 24.6 Å². The Morgan fingerprint density at radius 1 is 1.10 bits per heavy atom. The van der Waals surface area contributed by atoms with Crippen LogP contribution in [-0.2, 0) is 0 Å². The van der Waals surface area contributed by atoms with Gasteiger partial charge in [-0.15, -0.1) is 0 Å². The predicted molar refractivity (Wildman–Crippen MR) is 122 cm³/mol. The zero-order chi connectivity index (χ0) is 21.9. The second-order valence-electron chi connectivity index (χ2n) is 7.49. The van der Waals surface area contributed by atoms with E-state index in [0.29, 0.717) is 31.2 Å². The van der Waals surface area contributed by atoms with Crippen LogP contribution in [0, 0.1) is 0 Å². The molecule has 168 valence electrons. The van der Waals surface area contributed by atoms with E-state index < -0.39 is 0 Å². The number of carbonyl (C=O) groups is 1. The molecule has 1 saturated heterocycles. The van der Waals surface area contributed by atoms with Crippen molar-refractivity contribution in [2.24, 2.45) is 4.99 Å². The van der Waals surface area contributed by atoms with Crippen molar-refractivity contribution in [3.8, 4) is 5.75 Å². The Kier molecular flexibility index (Phi) is 8.78. The van der Waals surface area contributed by atoms with E-state index in [2.05, 4.69) is 25.8 Å². The molecule has 0 saturated carbocycles. The van der Waals surface area contributed by atoms with Crippen molar-refractivity contribution in [3.05, 3.63) is 54.0 Å². The van der Waals surface area contributed by atoms with Gasteiger partial charge in [0.1, 0.15) is 11.5 Å². The van der Waals surface area contributed by atoms with E-state index in [1.807, 2.05) is 12.1 Å². The fourth-order valence-corrected chi connectivity index (χ4v) is 3.74. The van der Waals surface area contributed by atoms with E-state index in [-0.39, 0.29) is 11.9 Å². The fourth-order valence-electron chi connectivity index (χ4n) is 3.74. The van der Waals surface area contributed by atoms with Crippen LogP contribution in [0.4, 0.5) is 0 Å². The smallest absolute Gasteiger partial charge is 0.251 e. The van der Waals surface area contributed by atoms with Gasteiger partial charge >= 0.3 is 0 Å². The fraction of sp³-hybridized carbons (Fsp3) is 0.478. The van der Waals surface area contributed by atoms with Gasteiger partial charge in [-0.3, -0.25) is 14.7 Å². The van der Waals surface area contributed by atoms with Crippen LogP contribution < -0.4 is 20.7 Å². The number of piperidine rings is 1. The van der Waals surface area contributed by atoms with Crippen LogP contribution in [0.1, 0.15) is 41.4 Å². The summed E-state index contributed by atoms with van der Waals surface area (Å²) < 4.78 is 10.8. The molecule has 2 heterocycles. The molecule has 2 aromatic rings. The SMILES string of the molecule is CN=C(NCCNC(=O)c1ccc(OC)cc1)NCC(c1ccco1)N1CCCCC1. The number of benzene rings is 1. The summed E-state index contributed by atoms with van der Waals surface area (Å²) in [6.07, 6.45) is 5.46. The predicted octanol–water partition coefficient (Wildman–Crippen LogP) is 2.41. The average molecular weight is 428 g/mol. The van der Waals surface area contributed by atoms with E-state index in [1.165, 1.54) is 19.3 Å². The maximum Gasteiger partial charge on any atom is 0.251 e. The molecule has 1 aromatic carbocycles. The second-order valence-corrected chi connectivity index (χ2v) is 7.49. The summed E-state index contributed by atoms with van der Waals surface area (Å²) in [4.78, 5) is 19.0. The van der Waals surface area contributed by atoms with Gasteiger partial charge in [0.05, 0.1) is 19.4 Å². The summed E-state index contributed by atoms with van der Waals surface area (Å²) in [5, 5.41) is 9.56. The van der Waals surface area contributed by atoms with Crippen molar-refractivity contribution in [2.45, 2.75) is 25.3 Å². The van der Waals surface area contributed by atoms with E-state index >= 15 is 0 Å². The molecule has 1 aromatic heterocycles. The van der Waals surface area contributed by atoms with Gasteiger partial charge in [0.25, 0.3) is 5.91 Å². The van der Waals surface area contributed by atoms with Gasteiger partial charge in [0.2, 0.25) is 0 Å². The summed E-state index contributed by atoms with van der Waals surface area (Å²) in [5.74, 6) is 2.28. The van der Waals surface area contributed by atoms with Crippen molar-refractivity contribution >= 4 is 11.9 Å². The highest BCUT2D eigenvalue weighted by Gasteiger charge is 2.24. The number of hydrogen-bond acceptors (Lipinski definition) is 5. The Morgan fingerprint density at radius 2 is 1.84 bits per heavy atom. The quantitative estimate of drug-likeness (QED) is 0.323. The molecule has 8 nitrogen and oxygen atoms in total. The Bertz CT molecular complexity index is 814. The van der Waals surface area contributed by atoms with Crippen LogP contribution in [0.3, 0.4) is 0 Å². The number of ether oxygens (including phenoxy) is 1. The third-order valence-corrected chi connectivity index (χ3v) is 5.44. The lowest BCUT2D eigenvalue weighted by Crippen LogP contribution is -2.46. The lowest BCUT2D eigenvalue weighted by atomic mass is 10.1. The van der Waals surface area contributed by atoms with Crippen molar-refractivity contribution in [2.75, 3.05) is 46.9 Å². The molecule has 0 spiro atoms. The summed E-state index contributed by atoms with van der Waals surface area (Å²) in [6.45, 7) is 3.91. The lowest BCUT2D eigenvalue weighted by molar-refractivity contribution is 0.0954. The van der Waals surface area contributed by atoms with Gasteiger partial charge in [-0.05, 0) is 62.3 Å². The van der Waals surface area contributed by atoms with Gasteiger partial charge in [-0.2, -0.15) is 0 Å². The molecule has 1 amide bonds. The lowest BCUT2D eigenvalue weighted by Gasteiger charge is -2.33. The molecule has 0 bridgehead atoms. The number of amides is 1. The van der Waals surface area contributed by atoms with E-state index in [1.54, 1.807) is 44.7 Å². The van der Waals surface area contributed by atoms with Gasteiger partial charge in [0.15, 0.2) is 5.96 Å². The number of nitrogens with zero attached hydrogens (tertiary/aromatic N) is 2. The first kappa shape index (κ1) is 22.7. The van der Waals surface area contributed by atoms with Crippen LogP contribution in [-0.4, -0.2) is 63.6 Å². The van der Waals surface area contributed by atoms with Crippen LogP contribution in [0.25, 0.3) is 0 Å². The van der Waals surface area contributed by atoms with Crippen molar-refractivity contribution in [3.63, 3.8) is 0 Å². The largest absolute Gasteiger partial charge is 0.497 e. The number of rotatable bonds is 9. The highest BCUT2D eigenvalue weighted by Crippen LogP contribution is 2.24. The van der Waals surface area contributed by atoms with Crippen molar-refractivity contribution in [1.82, 2.24) is 20.9 Å². The first-order chi connectivity index (χ1) is 15.2. The summed E-state index contributed by atoms with van der Waals surface area (Å²) in [7, 11) is 3.35. The normalized spacial score (nSPS) is 15.9. The first-order valence-electron chi connectivity index (χ1n) is 10.9. The summed E-state index contributed by atoms with van der Waals surface area (Å²) in [5.41, 5.74) is 0.603. The number of furan rings is 1. The number of aliphatic imine (C=N–C) groups is 1. The van der Waals surface area contributed by atoms with Gasteiger partial charge < -0.3 is 25.1 Å². The molecule has 8 heteroatoms. The van der Waals surface area contributed by atoms with Gasteiger partial charge in [-0.25, -0.2) is 0 Å². The molecule has 3 rings (SSSR count). The number of hydrogen-bond donors (Lipinski definition) is 3. The Labute approximate surface area is 184 Å². The molecule has 0 aliphatic carbocycles. The number of carbonyl (C=O) groups excluding carboxylic acids is 1. The van der Waals surface area contributed by atoms with Gasteiger partial charge in [-0.1, -0.05) is 6.42 Å². The zero-order valence-corrected chi connectivity index (χ0v) is 18.4. The number of nitrogens with one attached hydrogen (secondary N) is 3. The highest BCUT2D eigenvalue weighted by atomic mass is 16.5. The minimum atomic E-state index is -0.115. The zero-order valence-electron chi connectivity index (χ0n) is 18.4. The summed E-state index contributed by atoms with van der Waals surface area (Å²) in [6, 6.07) is 11.2. The summed E-state index contributed by atoms with van der Waals surface area (Å²) >= 11 is 0. The monoisotopic (exact) mass is 427 g/mol. The van der Waals surface area contributed by atoms with Crippen molar-refractivity contribution in [1.29, 1.82) is 0 Å². The standard InChI is InChI=1S/C23H33N5O3/c1-24-23(26-13-12-25-22(29)18-8-10-19(30-2)11-9-18)27-17-20(21-7-6-16-31-21)28-14-4-3-5-15-28/h6-11,16,20H,3-5,12-15,17H2,1-2H3,(H,25,29)(H2,24,26,27). The molecule has 0 radical (unpaired) electrons. The Balaban J connectivity index is 1.43. The molecule has 3 N–H and O–H groups in total. The minimum absolute atomic E-state index is 0.115.